The highest BCUT2D eigenvalue weighted by atomic mass is 16.5. The van der Waals surface area contributed by atoms with E-state index in [0.717, 1.165) is 31.9 Å². The van der Waals surface area contributed by atoms with Crippen molar-refractivity contribution < 1.29 is 9.47 Å². The van der Waals surface area contributed by atoms with Crippen molar-refractivity contribution in [1.29, 1.82) is 0 Å². The number of para-hydroxylation sites is 1. The molecule has 0 radical (unpaired) electrons. The topological polar surface area (TPSA) is 47.7 Å². The van der Waals surface area contributed by atoms with Crippen molar-refractivity contribution in [2.75, 3.05) is 40.5 Å². The predicted octanol–water partition coefficient (Wildman–Crippen LogP) is 1.92. The SMILES string of the molecule is COCC1CCN(C(C)(CN)Cc2ccccc2OC)C1. The molecule has 2 rings (SSSR count). The molecule has 21 heavy (non-hydrogen) atoms. The molecule has 2 N–H and O–H groups in total. The van der Waals surface area contributed by atoms with Crippen LogP contribution in [0.2, 0.25) is 0 Å². The number of nitrogens with zero attached hydrogens (tertiary/aromatic N) is 1. The molecule has 1 saturated heterocycles. The highest BCUT2D eigenvalue weighted by molar-refractivity contribution is 5.34. The maximum absolute atomic E-state index is 6.13. The van der Waals surface area contributed by atoms with E-state index in [-0.39, 0.29) is 5.54 Å². The molecule has 1 aliphatic rings. The Kier molecular flexibility index (Phi) is 5.62. The number of methoxy groups -OCH3 is 2. The highest BCUT2D eigenvalue weighted by Crippen LogP contribution is 2.30. The Labute approximate surface area is 128 Å². The van der Waals surface area contributed by atoms with Crippen LogP contribution in [-0.2, 0) is 11.2 Å². The summed E-state index contributed by atoms with van der Waals surface area (Å²) in [5, 5.41) is 0. The molecule has 1 aromatic rings. The first-order chi connectivity index (χ1) is 10.1. The first-order valence-electron chi connectivity index (χ1n) is 7.69. The van der Waals surface area contributed by atoms with Crippen LogP contribution in [0.4, 0.5) is 0 Å². The van der Waals surface area contributed by atoms with Crippen LogP contribution in [0.15, 0.2) is 24.3 Å². The Hall–Kier alpha value is -1.10. The molecule has 2 unspecified atom stereocenters. The van der Waals surface area contributed by atoms with Gasteiger partial charge in [0.15, 0.2) is 0 Å². The van der Waals surface area contributed by atoms with Crippen molar-refractivity contribution in [2.24, 2.45) is 11.7 Å². The van der Waals surface area contributed by atoms with E-state index in [1.165, 1.54) is 12.0 Å². The summed E-state index contributed by atoms with van der Waals surface area (Å²) in [5.41, 5.74) is 7.33. The van der Waals surface area contributed by atoms with Crippen molar-refractivity contribution in [2.45, 2.75) is 25.3 Å². The van der Waals surface area contributed by atoms with E-state index >= 15 is 0 Å². The zero-order valence-corrected chi connectivity index (χ0v) is 13.5. The summed E-state index contributed by atoms with van der Waals surface area (Å²) in [7, 11) is 3.50. The minimum atomic E-state index is -0.0306. The van der Waals surface area contributed by atoms with Gasteiger partial charge in [0.2, 0.25) is 0 Å². The highest BCUT2D eigenvalue weighted by Gasteiger charge is 2.36. The summed E-state index contributed by atoms with van der Waals surface area (Å²) >= 11 is 0. The summed E-state index contributed by atoms with van der Waals surface area (Å²) in [6.07, 6.45) is 2.10. The van der Waals surface area contributed by atoms with Gasteiger partial charge in [0.05, 0.1) is 13.7 Å². The molecule has 0 bridgehead atoms. The Morgan fingerprint density at radius 1 is 1.33 bits per heavy atom. The van der Waals surface area contributed by atoms with E-state index in [4.69, 9.17) is 15.2 Å². The molecule has 1 fully saturated rings. The van der Waals surface area contributed by atoms with Crippen LogP contribution in [-0.4, -0.2) is 50.9 Å². The van der Waals surface area contributed by atoms with Crippen molar-refractivity contribution in [1.82, 2.24) is 4.90 Å². The maximum Gasteiger partial charge on any atom is 0.122 e. The molecule has 1 aliphatic heterocycles. The number of rotatable bonds is 7. The van der Waals surface area contributed by atoms with Crippen LogP contribution in [0.5, 0.6) is 5.75 Å². The van der Waals surface area contributed by atoms with Crippen molar-refractivity contribution in [3.63, 3.8) is 0 Å². The molecular weight excluding hydrogens is 264 g/mol. The second-order valence-corrected chi connectivity index (χ2v) is 6.25. The largest absolute Gasteiger partial charge is 0.496 e. The fraction of sp³-hybridized carbons (Fsp3) is 0.647. The van der Waals surface area contributed by atoms with Gasteiger partial charge in [-0.25, -0.2) is 0 Å². The molecular formula is C17H28N2O2. The average molecular weight is 292 g/mol. The third kappa shape index (κ3) is 3.76. The Morgan fingerprint density at radius 3 is 2.76 bits per heavy atom. The molecule has 4 heteroatoms. The quantitative estimate of drug-likeness (QED) is 0.834. The van der Waals surface area contributed by atoms with Crippen LogP contribution in [0.3, 0.4) is 0 Å². The Balaban J connectivity index is 2.10. The van der Waals surface area contributed by atoms with Gasteiger partial charge in [0.1, 0.15) is 5.75 Å². The lowest BCUT2D eigenvalue weighted by Gasteiger charge is -2.38. The molecule has 0 saturated carbocycles. The zero-order valence-electron chi connectivity index (χ0n) is 13.5. The molecule has 0 aromatic heterocycles. The molecule has 0 spiro atoms. The molecule has 0 amide bonds. The summed E-state index contributed by atoms with van der Waals surface area (Å²) < 4.78 is 10.8. The molecule has 0 aliphatic carbocycles. The summed E-state index contributed by atoms with van der Waals surface area (Å²) in [6.45, 7) is 5.90. The molecule has 1 heterocycles. The van der Waals surface area contributed by atoms with Crippen molar-refractivity contribution >= 4 is 0 Å². The molecule has 118 valence electrons. The van der Waals surface area contributed by atoms with Crippen LogP contribution in [0, 0.1) is 5.92 Å². The van der Waals surface area contributed by atoms with Gasteiger partial charge in [0, 0.05) is 25.7 Å². The average Bonchev–Trinajstić information content (AvgIpc) is 2.97. The number of ether oxygens (including phenoxy) is 2. The second kappa shape index (κ2) is 7.25. The second-order valence-electron chi connectivity index (χ2n) is 6.25. The molecule has 4 nitrogen and oxygen atoms in total. The number of benzene rings is 1. The third-order valence-electron chi connectivity index (χ3n) is 4.66. The van der Waals surface area contributed by atoms with E-state index < -0.39 is 0 Å². The first-order valence-corrected chi connectivity index (χ1v) is 7.69. The Bertz CT molecular complexity index is 452. The number of hydrogen-bond donors (Lipinski definition) is 1. The van der Waals surface area contributed by atoms with E-state index in [9.17, 15) is 0 Å². The van der Waals surface area contributed by atoms with Crippen LogP contribution < -0.4 is 10.5 Å². The van der Waals surface area contributed by atoms with Gasteiger partial charge in [-0.05, 0) is 43.9 Å². The normalized spacial score (nSPS) is 22.2. The van der Waals surface area contributed by atoms with E-state index in [2.05, 4.69) is 24.0 Å². The molecule has 2 atom stereocenters. The van der Waals surface area contributed by atoms with Gasteiger partial charge in [0.25, 0.3) is 0 Å². The fourth-order valence-corrected chi connectivity index (χ4v) is 3.27. The predicted molar refractivity (Wildman–Crippen MR) is 85.7 cm³/mol. The van der Waals surface area contributed by atoms with E-state index in [0.29, 0.717) is 12.5 Å². The number of nitrogens with two attached hydrogens (primary N) is 1. The van der Waals surface area contributed by atoms with Crippen LogP contribution in [0.1, 0.15) is 18.9 Å². The number of hydrogen-bond acceptors (Lipinski definition) is 4. The summed E-state index contributed by atoms with van der Waals surface area (Å²) in [5.74, 6) is 1.57. The van der Waals surface area contributed by atoms with Gasteiger partial charge in [-0.1, -0.05) is 18.2 Å². The zero-order chi connectivity index (χ0) is 15.3. The smallest absolute Gasteiger partial charge is 0.122 e. The van der Waals surface area contributed by atoms with Gasteiger partial charge in [-0.2, -0.15) is 0 Å². The van der Waals surface area contributed by atoms with Gasteiger partial charge >= 0.3 is 0 Å². The molecule has 1 aromatic carbocycles. The third-order valence-corrected chi connectivity index (χ3v) is 4.66. The van der Waals surface area contributed by atoms with Crippen LogP contribution in [0.25, 0.3) is 0 Å². The van der Waals surface area contributed by atoms with Crippen LogP contribution >= 0.6 is 0 Å². The fourth-order valence-electron chi connectivity index (χ4n) is 3.27. The van der Waals surface area contributed by atoms with Gasteiger partial charge in [-0.15, -0.1) is 0 Å². The van der Waals surface area contributed by atoms with Gasteiger partial charge in [-0.3, -0.25) is 4.90 Å². The van der Waals surface area contributed by atoms with Gasteiger partial charge < -0.3 is 15.2 Å². The summed E-state index contributed by atoms with van der Waals surface area (Å²) in [6, 6.07) is 8.22. The monoisotopic (exact) mass is 292 g/mol. The number of likely N-dealkylation sites (tertiary alicyclic amines) is 1. The first kappa shape index (κ1) is 16.3. The lowest BCUT2D eigenvalue weighted by Crippen LogP contribution is -2.52. The Morgan fingerprint density at radius 2 is 2.10 bits per heavy atom. The minimum Gasteiger partial charge on any atom is -0.496 e. The maximum atomic E-state index is 6.13. The van der Waals surface area contributed by atoms with Crippen molar-refractivity contribution in [3.05, 3.63) is 29.8 Å². The van der Waals surface area contributed by atoms with Crippen molar-refractivity contribution in [3.8, 4) is 5.75 Å². The lowest BCUT2D eigenvalue weighted by atomic mass is 9.90. The standard InChI is InChI=1S/C17H28N2O2/c1-17(13-18,19-9-8-14(11-19)12-20-2)10-15-6-4-5-7-16(15)21-3/h4-7,14H,8-13,18H2,1-3H3. The summed E-state index contributed by atoms with van der Waals surface area (Å²) in [4.78, 5) is 2.52. The van der Waals surface area contributed by atoms with E-state index in [1.54, 1.807) is 14.2 Å². The lowest BCUT2D eigenvalue weighted by molar-refractivity contribution is 0.115. The minimum absolute atomic E-state index is 0.0306. The van der Waals surface area contributed by atoms with E-state index in [1.807, 2.05) is 12.1 Å².